The maximum atomic E-state index is 5.88. The van der Waals surface area contributed by atoms with Crippen molar-refractivity contribution in [2.45, 2.75) is 32.4 Å². The smallest absolute Gasteiger partial charge is 0.0717 e. The Bertz CT molecular complexity index is 801. The molecule has 140 valence electrons. The fraction of sp³-hybridized carbons (Fsp3) is 0.280. The van der Waals surface area contributed by atoms with Gasteiger partial charge in [0.05, 0.1) is 13.2 Å². The molecule has 3 rings (SSSR count). The van der Waals surface area contributed by atoms with E-state index in [-0.39, 0.29) is 6.04 Å². The average Bonchev–Trinajstić information content (AvgIpc) is 2.71. The van der Waals surface area contributed by atoms with E-state index in [1.54, 1.807) is 0 Å². The fourth-order valence-electron chi connectivity index (χ4n) is 3.47. The average molecular weight is 360 g/mol. The fourth-order valence-corrected chi connectivity index (χ4v) is 3.47. The van der Waals surface area contributed by atoms with Crippen molar-refractivity contribution in [3.63, 3.8) is 0 Å². The second-order valence-electron chi connectivity index (χ2n) is 7.08. The van der Waals surface area contributed by atoms with Crippen LogP contribution in [0.4, 0.5) is 0 Å². The third-order valence-corrected chi connectivity index (χ3v) is 4.95. The standard InChI is InChI=1S/C25H29NO/c1-20-10-9-11-22(18-20)19-27-17-16-26-25(24-14-7-4-8-15-24)21(2)23-12-5-3-6-13-23/h3-15,18,21,25-26H,16-17,19H2,1-2H3/t21?,25-/m0/s1. The maximum absolute atomic E-state index is 5.88. The Hall–Kier alpha value is -2.42. The van der Waals surface area contributed by atoms with Gasteiger partial charge in [-0.15, -0.1) is 0 Å². The van der Waals surface area contributed by atoms with Gasteiger partial charge >= 0.3 is 0 Å². The molecule has 0 radical (unpaired) electrons. The molecule has 0 spiro atoms. The second-order valence-corrected chi connectivity index (χ2v) is 7.08. The first-order valence-corrected chi connectivity index (χ1v) is 9.70. The van der Waals surface area contributed by atoms with Gasteiger partial charge in [0.15, 0.2) is 0 Å². The number of aryl methyl sites for hydroxylation is 1. The van der Waals surface area contributed by atoms with Crippen LogP contribution in [0.25, 0.3) is 0 Å². The molecule has 0 heterocycles. The van der Waals surface area contributed by atoms with Gasteiger partial charge < -0.3 is 10.1 Å². The van der Waals surface area contributed by atoms with Crippen molar-refractivity contribution in [2.75, 3.05) is 13.2 Å². The second kappa shape index (κ2) is 10.1. The van der Waals surface area contributed by atoms with E-state index in [0.717, 1.165) is 6.54 Å². The van der Waals surface area contributed by atoms with E-state index in [2.05, 4.69) is 104 Å². The van der Waals surface area contributed by atoms with Gasteiger partial charge in [0, 0.05) is 18.5 Å². The summed E-state index contributed by atoms with van der Waals surface area (Å²) in [5, 5.41) is 3.71. The Morgan fingerprint density at radius 3 is 2.15 bits per heavy atom. The van der Waals surface area contributed by atoms with Crippen LogP contribution in [0.15, 0.2) is 84.9 Å². The van der Waals surface area contributed by atoms with Crippen LogP contribution in [0.5, 0.6) is 0 Å². The third-order valence-electron chi connectivity index (χ3n) is 4.95. The Morgan fingerprint density at radius 2 is 1.48 bits per heavy atom. The van der Waals surface area contributed by atoms with Gasteiger partial charge in [-0.05, 0) is 23.6 Å². The van der Waals surface area contributed by atoms with E-state index in [1.165, 1.54) is 22.3 Å². The predicted molar refractivity (Wildman–Crippen MR) is 113 cm³/mol. The van der Waals surface area contributed by atoms with Crippen LogP contribution >= 0.6 is 0 Å². The molecule has 2 heteroatoms. The van der Waals surface area contributed by atoms with E-state index in [9.17, 15) is 0 Å². The van der Waals surface area contributed by atoms with E-state index < -0.39 is 0 Å². The minimum absolute atomic E-state index is 0.260. The molecule has 0 saturated carbocycles. The minimum atomic E-state index is 0.260. The van der Waals surface area contributed by atoms with Gasteiger partial charge in [0.1, 0.15) is 0 Å². The van der Waals surface area contributed by atoms with Crippen molar-refractivity contribution in [3.05, 3.63) is 107 Å². The maximum Gasteiger partial charge on any atom is 0.0717 e. The number of rotatable bonds is 9. The van der Waals surface area contributed by atoms with Crippen molar-refractivity contribution < 1.29 is 4.74 Å². The molecule has 1 N–H and O–H groups in total. The molecule has 3 aromatic carbocycles. The summed E-state index contributed by atoms with van der Waals surface area (Å²) in [6.07, 6.45) is 0. The molecule has 1 unspecified atom stereocenters. The van der Waals surface area contributed by atoms with Gasteiger partial charge in [-0.2, -0.15) is 0 Å². The predicted octanol–water partition coefficient (Wildman–Crippen LogP) is 5.65. The van der Waals surface area contributed by atoms with Gasteiger partial charge in [-0.25, -0.2) is 0 Å². The van der Waals surface area contributed by atoms with Gasteiger partial charge in [-0.3, -0.25) is 0 Å². The molecule has 27 heavy (non-hydrogen) atoms. The Morgan fingerprint density at radius 1 is 0.815 bits per heavy atom. The van der Waals surface area contributed by atoms with Crippen molar-refractivity contribution in [1.82, 2.24) is 5.32 Å². The molecular weight excluding hydrogens is 330 g/mol. The van der Waals surface area contributed by atoms with Crippen molar-refractivity contribution >= 4 is 0 Å². The van der Waals surface area contributed by atoms with Crippen molar-refractivity contribution in [3.8, 4) is 0 Å². The quantitative estimate of drug-likeness (QED) is 0.499. The normalized spacial score (nSPS) is 13.3. The van der Waals surface area contributed by atoms with Crippen LogP contribution in [0.2, 0.25) is 0 Å². The highest BCUT2D eigenvalue weighted by Crippen LogP contribution is 2.30. The number of hydrogen-bond acceptors (Lipinski definition) is 2. The topological polar surface area (TPSA) is 21.3 Å². The van der Waals surface area contributed by atoms with Gasteiger partial charge in [0.25, 0.3) is 0 Å². The number of hydrogen-bond donors (Lipinski definition) is 1. The molecule has 0 aliphatic rings. The first kappa shape index (κ1) is 19.3. The first-order valence-electron chi connectivity index (χ1n) is 9.70. The van der Waals surface area contributed by atoms with E-state index in [0.29, 0.717) is 19.1 Å². The van der Waals surface area contributed by atoms with Gasteiger partial charge in [0.2, 0.25) is 0 Å². The molecule has 0 bridgehead atoms. The molecule has 2 nitrogen and oxygen atoms in total. The minimum Gasteiger partial charge on any atom is -0.375 e. The summed E-state index contributed by atoms with van der Waals surface area (Å²) in [4.78, 5) is 0. The Kier molecular flexibility index (Phi) is 7.20. The highest BCUT2D eigenvalue weighted by atomic mass is 16.5. The third kappa shape index (κ3) is 5.78. The summed E-state index contributed by atoms with van der Waals surface area (Å²) in [6.45, 7) is 6.57. The van der Waals surface area contributed by atoms with Crippen molar-refractivity contribution in [2.24, 2.45) is 0 Å². The van der Waals surface area contributed by atoms with Crippen LogP contribution in [0, 0.1) is 6.92 Å². The summed E-state index contributed by atoms with van der Waals surface area (Å²) in [5.41, 5.74) is 5.16. The zero-order chi connectivity index (χ0) is 18.9. The number of benzene rings is 3. The highest BCUT2D eigenvalue weighted by molar-refractivity contribution is 5.27. The van der Waals surface area contributed by atoms with Crippen molar-refractivity contribution in [1.29, 1.82) is 0 Å². The molecule has 0 saturated heterocycles. The molecule has 0 aliphatic heterocycles. The Labute approximate surface area is 163 Å². The van der Waals surface area contributed by atoms with Crippen LogP contribution in [-0.2, 0) is 11.3 Å². The summed E-state index contributed by atoms with van der Waals surface area (Å²) >= 11 is 0. The van der Waals surface area contributed by atoms with Crippen LogP contribution < -0.4 is 5.32 Å². The molecule has 0 aliphatic carbocycles. The lowest BCUT2D eigenvalue weighted by Gasteiger charge is -2.26. The lowest BCUT2D eigenvalue weighted by atomic mass is 9.88. The first-order chi connectivity index (χ1) is 13.2. The summed E-state index contributed by atoms with van der Waals surface area (Å²) in [6, 6.07) is 30.1. The molecular formula is C25H29NO. The highest BCUT2D eigenvalue weighted by Gasteiger charge is 2.20. The van der Waals surface area contributed by atoms with Crippen LogP contribution in [-0.4, -0.2) is 13.2 Å². The van der Waals surface area contributed by atoms with Gasteiger partial charge in [-0.1, -0.05) is 97.4 Å². The molecule has 0 aromatic heterocycles. The van der Waals surface area contributed by atoms with E-state index in [1.807, 2.05) is 0 Å². The SMILES string of the molecule is Cc1cccc(COCCN[C@H](c2ccccc2)C(C)c2ccccc2)c1. The zero-order valence-electron chi connectivity index (χ0n) is 16.3. The summed E-state index contributed by atoms with van der Waals surface area (Å²) < 4.78 is 5.88. The molecule has 3 aromatic rings. The largest absolute Gasteiger partial charge is 0.375 e. The van der Waals surface area contributed by atoms with Crippen LogP contribution in [0.1, 0.15) is 41.1 Å². The zero-order valence-corrected chi connectivity index (χ0v) is 16.3. The lowest BCUT2D eigenvalue weighted by Crippen LogP contribution is -2.29. The molecule has 0 fully saturated rings. The van der Waals surface area contributed by atoms with Crippen LogP contribution in [0.3, 0.4) is 0 Å². The lowest BCUT2D eigenvalue weighted by molar-refractivity contribution is 0.120. The number of ether oxygens (including phenoxy) is 1. The molecule has 2 atom stereocenters. The summed E-state index contributed by atoms with van der Waals surface area (Å²) in [5.74, 6) is 0.380. The molecule has 0 amide bonds. The van der Waals surface area contributed by atoms with E-state index >= 15 is 0 Å². The summed E-state index contributed by atoms with van der Waals surface area (Å²) in [7, 11) is 0. The number of nitrogens with one attached hydrogen (secondary N) is 1. The van der Waals surface area contributed by atoms with E-state index in [4.69, 9.17) is 4.74 Å². The Balaban J connectivity index is 1.57. The monoisotopic (exact) mass is 359 g/mol.